The first kappa shape index (κ1) is 19.4. The van der Waals surface area contributed by atoms with Crippen molar-refractivity contribution >= 4 is 39.8 Å². The number of alkyl halides is 3. The normalized spacial score (nSPS) is 11.4. The van der Waals surface area contributed by atoms with Gasteiger partial charge in [0, 0.05) is 11.6 Å². The van der Waals surface area contributed by atoms with Gasteiger partial charge in [-0.1, -0.05) is 30.0 Å². The first-order valence-electron chi connectivity index (χ1n) is 7.81. The van der Waals surface area contributed by atoms with E-state index in [2.05, 4.69) is 9.97 Å². The Kier molecular flexibility index (Phi) is 5.81. The lowest BCUT2D eigenvalue weighted by Gasteiger charge is -2.19. The van der Waals surface area contributed by atoms with E-state index in [4.69, 9.17) is 0 Å². The van der Waals surface area contributed by atoms with E-state index in [1.54, 1.807) is 12.1 Å². The minimum Gasteiger partial charge on any atom is -0.273 e. The average molecular weight is 409 g/mol. The molecule has 4 nitrogen and oxygen atoms in total. The van der Waals surface area contributed by atoms with Crippen LogP contribution in [0.2, 0.25) is 0 Å². The molecule has 0 bridgehead atoms. The number of rotatable bonds is 5. The van der Waals surface area contributed by atoms with Crippen molar-refractivity contribution in [2.75, 3.05) is 10.7 Å². The molecule has 0 aliphatic carbocycles. The fourth-order valence-corrected chi connectivity index (χ4v) is 3.75. The monoisotopic (exact) mass is 409 g/mol. The summed E-state index contributed by atoms with van der Waals surface area (Å²) in [6, 6.07) is 11.3. The number of halogens is 3. The molecule has 0 spiro atoms. The predicted octanol–water partition coefficient (Wildman–Crippen LogP) is 5.32. The smallest absolute Gasteiger partial charge is 0.273 e. The molecule has 0 aliphatic rings. The van der Waals surface area contributed by atoms with Crippen molar-refractivity contribution < 1.29 is 18.0 Å². The van der Waals surface area contributed by atoms with Crippen LogP contribution in [-0.2, 0) is 11.0 Å². The zero-order chi connectivity index (χ0) is 19.4. The Balaban J connectivity index is 1.75. The molecule has 1 aromatic carbocycles. The topological polar surface area (TPSA) is 46.1 Å². The van der Waals surface area contributed by atoms with E-state index < -0.39 is 11.7 Å². The highest BCUT2D eigenvalue weighted by atomic mass is 32.2. The second-order valence-electron chi connectivity index (χ2n) is 5.51. The van der Waals surface area contributed by atoms with Crippen molar-refractivity contribution in [2.45, 2.75) is 18.1 Å². The molecular formula is C18H14F3N3OS2. The lowest BCUT2D eigenvalue weighted by molar-refractivity contribution is -0.137. The maximum absolute atomic E-state index is 12.8. The summed E-state index contributed by atoms with van der Waals surface area (Å²) in [4.78, 5) is 22.5. The first-order chi connectivity index (χ1) is 12.8. The van der Waals surface area contributed by atoms with E-state index in [1.807, 2.05) is 30.5 Å². The van der Waals surface area contributed by atoms with Gasteiger partial charge in [0.25, 0.3) is 0 Å². The summed E-state index contributed by atoms with van der Waals surface area (Å²) >= 11 is 2.43. The second-order valence-corrected chi connectivity index (χ2v) is 7.34. The number of anilines is 2. The number of nitrogens with zero attached hydrogens (tertiary/aromatic N) is 3. The zero-order valence-corrected chi connectivity index (χ0v) is 15.7. The fraction of sp³-hybridized carbons (Fsp3) is 0.167. The molecule has 3 rings (SSSR count). The van der Waals surface area contributed by atoms with Crippen molar-refractivity contribution in [3.8, 4) is 0 Å². The van der Waals surface area contributed by atoms with Crippen LogP contribution in [0.25, 0.3) is 0 Å². The van der Waals surface area contributed by atoms with Crippen molar-refractivity contribution in [1.82, 2.24) is 9.97 Å². The maximum atomic E-state index is 12.8. The van der Waals surface area contributed by atoms with Gasteiger partial charge in [-0.25, -0.2) is 9.97 Å². The summed E-state index contributed by atoms with van der Waals surface area (Å²) in [6.45, 7) is 1.84. The molecule has 9 heteroatoms. The molecule has 140 valence electrons. The molecule has 27 heavy (non-hydrogen) atoms. The van der Waals surface area contributed by atoms with Gasteiger partial charge in [0.1, 0.15) is 0 Å². The Morgan fingerprint density at radius 1 is 1.19 bits per heavy atom. The molecule has 2 heterocycles. The molecule has 1 amide bonds. The Bertz CT molecular complexity index is 912. The third-order valence-electron chi connectivity index (χ3n) is 3.47. The SMILES string of the molecule is Cc1csc(N(C(=O)CSc2ccc(C(F)(F)F)cn2)c2ccccc2)n1. The van der Waals surface area contributed by atoms with E-state index in [0.29, 0.717) is 15.8 Å². The molecule has 3 aromatic rings. The largest absolute Gasteiger partial charge is 0.417 e. The highest BCUT2D eigenvalue weighted by molar-refractivity contribution is 7.99. The number of hydrogen-bond acceptors (Lipinski definition) is 5. The van der Waals surface area contributed by atoms with Gasteiger partial charge >= 0.3 is 6.18 Å². The summed E-state index contributed by atoms with van der Waals surface area (Å²) in [5.74, 6) is -0.214. The van der Waals surface area contributed by atoms with Crippen LogP contribution in [0.3, 0.4) is 0 Å². The van der Waals surface area contributed by atoms with Gasteiger partial charge in [0.15, 0.2) is 5.13 Å². The molecule has 0 atom stereocenters. The summed E-state index contributed by atoms with van der Waals surface area (Å²) in [6.07, 6.45) is -3.66. The predicted molar refractivity (Wildman–Crippen MR) is 100 cm³/mol. The molecule has 0 saturated carbocycles. The Hall–Kier alpha value is -2.39. The van der Waals surface area contributed by atoms with Crippen LogP contribution >= 0.6 is 23.1 Å². The van der Waals surface area contributed by atoms with Crippen LogP contribution in [0, 0.1) is 6.92 Å². The number of carbonyl (C=O) groups is 1. The van der Waals surface area contributed by atoms with Crippen molar-refractivity contribution in [3.63, 3.8) is 0 Å². The Morgan fingerprint density at radius 3 is 2.48 bits per heavy atom. The van der Waals surface area contributed by atoms with Crippen LogP contribution in [0.1, 0.15) is 11.3 Å². The van der Waals surface area contributed by atoms with E-state index in [0.717, 1.165) is 29.7 Å². The van der Waals surface area contributed by atoms with Crippen LogP contribution in [0.15, 0.2) is 59.1 Å². The number of para-hydroxylation sites is 1. The summed E-state index contributed by atoms with van der Waals surface area (Å²) in [7, 11) is 0. The lowest BCUT2D eigenvalue weighted by Crippen LogP contribution is -2.27. The van der Waals surface area contributed by atoms with Crippen molar-refractivity contribution in [3.05, 3.63) is 65.3 Å². The summed E-state index contributed by atoms with van der Waals surface area (Å²) in [5.41, 5.74) is 0.668. The van der Waals surface area contributed by atoms with E-state index >= 15 is 0 Å². The third kappa shape index (κ3) is 4.86. The van der Waals surface area contributed by atoms with Gasteiger partial charge in [0.2, 0.25) is 5.91 Å². The number of pyridine rings is 1. The van der Waals surface area contributed by atoms with Crippen molar-refractivity contribution in [2.24, 2.45) is 0 Å². The molecule has 0 saturated heterocycles. The zero-order valence-electron chi connectivity index (χ0n) is 14.1. The van der Waals surface area contributed by atoms with Crippen molar-refractivity contribution in [1.29, 1.82) is 0 Å². The molecular weight excluding hydrogens is 395 g/mol. The number of benzene rings is 1. The number of aryl methyl sites for hydroxylation is 1. The number of thiazole rings is 1. The van der Waals surface area contributed by atoms with E-state index in [9.17, 15) is 18.0 Å². The van der Waals surface area contributed by atoms with Gasteiger partial charge in [0.05, 0.1) is 27.7 Å². The Morgan fingerprint density at radius 2 is 1.93 bits per heavy atom. The Labute approximate surface area is 162 Å². The van der Waals surface area contributed by atoms with Gasteiger partial charge in [-0.15, -0.1) is 11.3 Å². The van der Waals surface area contributed by atoms with Gasteiger partial charge in [-0.2, -0.15) is 13.2 Å². The van der Waals surface area contributed by atoms with E-state index in [-0.39, 0.29) is 11.7 Å². The summed E-state index contributed by atoms with van der Waals surface area (Å²) in [5, 5.41) is 2.74. The molecule has 0 fully saturated rings. The third-order valence-corrected chi connectivity index (χ3v) is 5.34. The minimum atomic E-state index is -4.43. The lowest BCUT2D eigenvalue weighted by atomic mass is 10.3. The van der Waals surface area contributed by atoms with Crippen LogP contribution in [0.4, 0.5) is 24.0 Å². The highest BCUT2D eigenvalue weighted by Gasteiger charge is 2.30. The fourth-order valence-electron chi connectivity index (χ4n) is 2.22. The van der Waals surface area contributed by atoms with Crippen LogP contribution in [-0.4, -0.2) is 21.6 Å². The standard InChI is InChI=1S/C18H14F3N3OS2/c1-12-10-27-17(23-12)24(14-5-3-2-4-6-14)16(25)11-26-15-8-7-13(9-22-15)18(19,20)21/h2-10H,11H2,1H3. The van der Waals surface area contributed by atoms with Gasteiger partial charge in [-0.05, 0) is 31.2 Å². The number of thioether (sulfide) groups is 1. The van der Waals surface area contributed by atoms with E-state index in [1.165, 1.54) is 22.3 Å². The average Bonchev–Trinajstić information content (AvgIpc) is 3.06. The number of aromatic nitrogens is 2. The molecule has 0 aliphatic heterocycles. The van der Waals surface area contributed by atoms with Gasteiger partial charge in [-0.3, -0.25) is 9.69 Å². The second kappa shape index (κ2) is 8.10. The first-order valence-corrected chi connectivity index (χ1v) is 9.67. The number of carbonyl (C=O) groups excluding carboxylic acids is 1. The molecule has 2 aromatic heterocycles. The number of amides is 1. The van der Waals surface area contributed by atoms with Gasteiger partial charge < -0.3 is 0 Å². The number of hydrogen-bond donors (Lipinski definition) is 0. The molecule has 0 unspecified atom stereocenters. The van der Waals surface area contributed by atoms with Crippen LogP contribution < -0.4 is 4.90 Å². The molecule has 0 radical (unpaired) electrons. The summed E-state index contributed by atoms with van der Waals surface area (Å²) < 4.78 is 37.8. The van der Waals surface area contributed by atoms with Crippen LogP contribution in [0.5, 0.6) is 0 Å². The highest BCUT2D eigenvalue weighted by Crippen LogP contribution is 2.31. The molecule has 0 N–H and O–H groups in total. The quantitative estimate of drug-likeness (QED) is 0.535. The minimum absolute atomic E-state index is 0.0197. The maximum Gasteiger partial charge on any atom is 0.417 e.